The molecule has 3 heteroatoms. The number of benzene rings is 1. The Kier molecular flexibility index (Phi) is 2.67. The second-order valence-electron chi connectivity index (χ2n) is 4.72. The molecule has 18 heavy (non-hydrogen) atoms. The highest BCUT2D eigenvalue weighted by Crippen LogP contribution is 2.31. The van der Waals surface area contributed by atoms with Crippen LogP contribution in [0.5, 0.6) is 0 Å². The molecule has 0 saturated carbocycles. The Morgan fingerprint density at radius 2 is 1.94 bits per heavy atom. The minimum Gasteiger partial charge on any atom is -0.294 e. The van der Waals surface area contributed by atoms with Gasteiger partial charge in [0.2, 0.25) is 0 Å². The molecule has 0 aliphatic heterocycles. The van der Waals surface area contributed by atoms with Crippen LogP contribution in [0.25, 0.3) is 0 Å². The lowest BCUT2D eigenvalue weighted by atomic mass is 9.82. The average Bonchev–Trinajstić information content (AvgIpc) is 2.39. The van der Waals surface area contributed by atoms with E-state index in [0.717, 1.165) is 17.9 Å². The number of fused-ring (bicyclic) bond motifs is 1. The van der Waals surface area contributed by atoms with Gasteiger partial charge in [0.05, 0.1) is 11.3 Å². The molecule has 0 amide bonds. The van der Waals surface area contributed by atoms with Crippen LogP contribution in [-0.2, 0) is 6.42 Å². The van der Waals surface area contributed by atoms with Crippen LogP contribution in [0.15, 0.2) is 36.5 Å². The Hall–Kier alpha value is -2.03. The Morgan fingerprint density at radius 3 is 2.72 bits per heavy atom. The van der Waals surface area contributed by atoms with Gasteiger partial charge in [0.1, 0.15) is 5.82 Å². The van der Waals surface area contributed by atoms with Crippen LogP contribution >= 0.6 is 0 Å². The van der Waals surface area contributed by atoms with E-state index in [0.29, 0.717) is 12.0 Å². The van der Waals surface area contributed by atoms with Crippen molar-refractivity contribution in [3.05, 3.63) is 59.2 Å². The van der Waals surface area contributed by atoms with Gasteiger partial charge >= 0.3 is 0 Å². The Balaban J connectivity index is 1.98. The lowest BCUT2D eigenvalue weighted by Gasteiger charge is -2.23. The number of rotatable bonds is 1. The van der Waals surface area contributed by atoms with Crippen molar-refractivity contribution in [2.75, 3.05) is 0 Å². The molecule has 0 spiro atoms. The van der Waals surface area contributed by atoms with Crippen molar-refractivity contribution in [3.8, 4) is 0 Å². The molecule has 1 unspecified atom stereocenters. The molecule has 1 aromatic heterocycles. The largest absolute Gasteiger partial charge is 0.294 e. The smallest absolute Gasteiger partial charge is 0.166 e. The number of aromatic nitrogens is 2. The molecule has 0 N–H and O–H groups in total. The van der Waals surface area contributed by atoms with Crippen molar-refractivity contribution in [1.29, 1.82) is 0 Å². The van der Waals surface area contributed by atoms with Crippen molar-refractivity contribution in [2.45, 2.75) is 25.7 Å². The minimum absolute atomic E-state index is 0.158. The summed E-state index contributed by atoms with van der Waals surface area (Å²) in [5.41, 5.74) is 2.81. The molecule has 1 heterocycles. The molecule has 3 rings (SSSR count). The second kappa shape index (κ2) is 4.33. The lowest BCUT2D eigenvalue weighted by molar-refractivity contribution is 0.0962. The zero-order valence-electron chi connectivity index (χ0n) is 10.3. The van der Waals surface area contributed by atoms with E-state index in [1.54, 1.807) is 6.20 Å². The van der Waals surface area contributed by atoms with E-state index in [4.69, 9.17) is 0 Å². The van der Waals surface area contributed by atoms with Gasteiger partial charge < -0.3 is 0 Å². The number of hydrogen-bond donors (Lipinski definition) is 0. The third-order valence-corrected chi connectivity index (χ3v) is 3.43. The number of carbonyl (C=O) groups is 1. The van der Waals surface area contributed by atoms with Crippen molar-refractivity contribution in [3.63, 3.8) is 0 Å². The quantitative estimate of drug-likeness (QED) is 0.767. The van der Waals surface area contributed by atoms with Crippen molar-refractivity contribution >= 4 is 5.78 Å². The van der Waals surface area contributed by atoms with Crippen molar-refractivity contribution in [1.82, 2.24) is 9.97 Å². The van der Waals surface area contributed by atoms with Gasteiger partial charge in [0.25, 0.3) is 0 Å². The van der Waals surface area contributed by atoms with Gasteiger partial charge in [-0.15, -0.1) is 0 Å². The lowest BCUT2D eigenvalue weighted by Crippen LogP contribution is -2.20. The summed E-state index contributed by atoms with van der Waals surface area (Å²) < 4.78 is 0. The molecule has 1 aromatic carbocycles. The number of nitrogens with zero attached hydrogens (tertiary/aromatic N) is 2. The molecule has 0 saturated heterocycles. The fourth-order valence-electron chi connectivity index (χ4n) is 2.51. The van der Waals surface area contributed by atoms with E-state index >= 15 is 0 Å². The molecule has 0 radical (unpaired) electrons. The average molecular weight is 238 g/mol. The third kappa shape index (κ3) is 1.92. The molecule has 0 bridgehead atoms. The summed E-state index contributed by atoms with van der Waals surface area (Å²) in [6.45, 7) is 1.86. The fraction of sp³-hybridized carbons (Fsp3) is 0.267. The molecule has 90 valence electrons. The summed E-state index contributed by atoms with van der Waals surface area (Å²) in [5.74, 6) is 1.14. The van der Waals surface area contributed by atoms with Crippen LogP contribution < -0.4 is 0 Å². The molecule has 1 aliphatic rings. The van der Waals surface area contributed by atoms with E-state index in [-0.39, 0.29) is 11.7 Å². The second-order valence-corrected chi connectivity index (χ2v) is 4.72. The van der Waals surface area contributed by atoms with E-state index in [1.807, 2.05) is 25.1 Å². The van der Waals surface area contributed by atoms with Crippen LogP contribution in [0.3, 0.4) is 0 Å². The maximum atomic E-state index is 12.1. The normalized spacial score (nSPS) is 18.5. The summed E-state index contributed by atoms with van der Waals surface area (Å²) in [6, 6.07) is 10.2. The maximum Gasteiger partial charge on any atom is 0.166 e. The third-order valence-electron chi connectivity index (χ3n) is 3.43. The Labute approximate surface area is 106 Å². The summed E-state index contributed by atoms with van der Waals surface area (Å²) in [5, 5.41) is 0. The number of hydrogen-bond acceptors (Lipinski definition) is 3. The summed E-state index contributed by atoms with van der Waals surface area (Å²) in [7, 11) is 0. The minimum atomic E-state index is 0.158. The number of aryl methyl sites for hydroxylation is 1. The summed E-state index contributed by atoms with van der Waals surface area (Å²) in [6.07, 6.45) is 3.05. The van der Waals surface area contributed by atoms with Crippen LogP contribution in [0.1, 0.15) is 39.8 Å². The van der Waals surface area contributed by atoms with Gasteiger partial charge in [-0.25, -0.2) is 9.97 Å². The topological polar surface area (TPSA) is 42.9 Å². The van der Waals surface area contributed by atoms with Gasteiger partial charge in [-0.2, -0.15) is 0 Å². The highest BCUT2D eigenvalue weighted by Gasteiger charge is 2.27. The molecular weight excluding hydrogens is 224 g/mol. The van der Waals surface area contributed by atoms with E-state index in [1.165, 1.54) is 5.56 Å². The van der Waals surface area contributed by atoms with Crippen LogP contribution in [0.2, 0.25) is 0 Å². The van der Waals surface area contributed by atoms with Gasteiger partial charge in [-0.05, 0) is 24.8 Å². The molecule has 3 nitrogen and oxygen atoms in total. The number of Topliss-reactive ketones (excluding diaryl/α,β-unsaturated/α-hetero) is 1. The van der Waals surface area contributed by atoms with Crippen molar-refractivity contribution < 1.29 is 4.79 Å². The van der Waals surface area contributed by atoms with Gasteiger partial charge in [0, 0.05) is 12.6 Å². The molecule has 2 aromatic rings. The van der Waals surface area contributed by atoms with E-state index in [9.17, 15) is 4.79 Å². The summed E-state index contributed by atoms with van der Waals surface area (Å²) in [4.78, 5) is 20.6. The monoisotopic (exact) mass is 238 g/mol. The first-order valence-electron chi connectivity index (χ1n) is 6.14. The Morgan fingerprint density at radius 1 is 1.17 bits per heavy atom. The summed E-state index contributed by atoms with van der Waals surface area (Å²) >= 11 is 0. The first-order valence-corrected chi connectivity index (χ1v) is 6.14. The van der Waals surface area contributed by atoms with Gasteiger partial charge in [0.15, 0.2) is 5.78 Å². The molecule has 1 atom stereocenters. The molecular formula is C15H14N2O. The Bertz CT molecular complexity index is 593. The van der Waals surface area contributed by atoms with Crippen LogP contribution in [0, 0.1) is 6.92 Å². The molecule has 0 fully saturated rings. The zero-order chi connectivity index (χ0) is 12.5. The van der Waals surface area contributed by atoms with E-state index in [2.05, 4.69) is 22.1 Å². The first-order chi connectivity index (χ1) is 8.74. The number of ketones is 1. The maximum absolute atomic E-state index is 12.1. The molecule has 1 aliphatic carbocycles. The fourth-order valence-corrected chi connectivity index (χ4v) is 2.51. The van der Waals surface area contributed by atoms with Crippen LogP contribution in [0.4, 0.5) is 0 Å². The van der Waals surface area contributed by atoms with Crippen LogP contribution in [-0.4, -0.2) is 15.8 Å². The van der Waals surface area contributed by atoms with Gasteiger partial charge in [-0.1, -0.05) is 30.3 Å². The van der Waals surface area contributed by atoms with Crippen molar-refractivity contribution in [2.24, 2.45) is 0 Å². The van der Waals surface area contributed by atoms with Gasteiger partial charge in [-0.3, -0.25) is 4.79 Å². The predicted octanol–water partition coefficient (Wildman–Crippen LogP) is 2.70. The first kappa shape index (κ1) is 11.1. The van der Waals surface area contributed by atoms with E-state index < -0.39 is 0 Å². The number of carbonyl (C=O) groups excluding carboxylic acids is 1. The highest BCUT2D eigenvalue weighted by molar-refractivity contribution is 5.98. The predicted molar refractivity (Wildman–Crippen MR) is 68.6 cm³/mol. The highest BCUT2D eigenvalue weighted by atomic mass is 16.1. The zero-order valence-corrected chi connectivity index (χ0v) is 10.3. The standard InChI is InChI=1S/C15H14N2O/c1-10-16-9-13-14(17-10)7-12(8-15(13)18)11-5-3-2-4-6-11/h2-6,9,12H,7-8H2,1H3. The SMILES string of the molecule is Cc1ncc2c(n1)CC(c1ccccc1)CC2=O.